The fourth-order valence-electron chi connectivity index (χ4n) is 3.69. The predicted octanol–water partition coefficient (Wildman–Crippen LogP) is 4.20. The van der Waals surface area contributed by atoms with Crippen LogP contribution >= 0.6 is 11.6 Å². The van der Waals surface area contributed by atoms with E-state index in [2.05, 4.69) is 4.98 Å². The third-order valence-electron chi connectivity index (χ3n) is 5.85. The summed E-state index contributed by atoms with van der Waals surface area (Å²) in [7, 11) is 2.09. The highest BCUT2D eigenvalue weighted by Crippen LogP contribution is 2.36. The van der Waals surface area contributed by atoms with Gasteiger partial charge in [-0.2, -0.15) is 0 Å². The highest BCUT2D eigenvalue weighted by molar-refractivity contribution is 7.92. The number of carbonyl (C=O) groups is 1. The molecule has 9 nitrogen and oxygen atoms in total. The number of methoxy groups -OCH3 is 2. The summed E-state index contributed by atoms with van der Waals surface area (Å²) in [4.78, 5) is 20.5. The van der Waals surface area contributed by atoms with Gasteiger partial charge in [0.1, 0.15) is 12.4 Å². The molecule has 1 aromatic heterocycles. The van der Waals surface area contributed by atoms with Crippen LogP contribution in [0.2, 0.25) is 5.02 Å². The van der Waals surface area contributed by atoms with Gasteiger partial charge in [0.15, 0.2) is 11.5 Å². The molecule has 0 aliphatic rings. The molecule has 12 heteroatoms. The van der Waals surface area contributed by atoms with Crippen molar-refractivity contribution in [3.05, 3.63) is 71.3 Å². The van der Waals surface area contributed by atoms with Gasteiger partial charge >= 0.3 is 0 Å². The molecule has 0 bridgehead atoms. The summed E-state index contributed by atoms with van der Waals surface area (Å²) in [6.07, 6.45) is 1.43. The van der Waals surface area contributed by atoms with Crippen LogP contribution in [0.5, 0.6) is 11.5 Å². The number of benzene rings is 2. The number of hydrogen-bond donors (Lipinski definition) is 0. The number of amides is 1. The molecule has 38 heavy (non-hydrogen) atoms. The molecule has 3 aromatic rings. The van der Waals surface area contributed by atoms with E-state index in [1.807, 2.05) is 0 Å². The molecule has 0 unspecified atom stereocenters. The van der Waals surface area contributed by atoms with E-state index in [9.17, 15) is 17.6 Å². The minimum atomic E-state index is -4.34. The molecule has 2 aromatic carbocycles. The van der Waals surface area contributed by atoms with E-state index in [-0.39, 0.29) is 40.1 Å². The number of rotatable bonds is 11. The zero-order valence-electron chi connectivity index (χ0n) is 21.8. The molecule has 3 rings (SSSR count). The minimum absolute atomic E-state index is 0.0737. The zero-order chi connectivity index (χ0) is 28.0. The molecule has 0 aliphatic heterocycles. The molecule has 0 aliphatic carbocycles. The number of aromatic nitrogens is 1. The number of sulfonamides is 1. The molecular weight excluding hydrogens is 535 g/mol. The molecule has 0 atom stereocenters. The van der Waals surface area contributed by atoms with Crippen LogP contribution in [0.15, 0.2) is 59.6 Å². The average molecular weight is 565 g/mol. The molecule has 0 N–H and O–H groups in total. The Balaban J connectivity index is 2.10. The topological polar surface area (TPSA) is 92.3 Å². The molecule has 0 fully saturated rings. The molecule has 0 spiro atoms. The number of likely N-dealkylation sites (N-methyl/N-ethyl adjacent to an activating group) is 1. The molecule has 0 saturated carbocycles. The third kappa shape index (κ3) is 6.28. The van der Waals surface area contributed by atoms with Gasteiger partial charge in [0.2, 0.25) is 5.91 Å². The number of pyridine rings is 1. The molecule has 1 heterocycles. The summed E-state index contributed by atoms with van der Waals surface area (Å²) in [5.41, 5.74) is 0.859. The van der Waals surface area contributed by atoms with Crippen molar-refractivity contribution in [2.45, 2.75) is 18.4 Å². The first-order valence-corrected chi connectivity index (χ1v) is 13.4. The lowest BCUT2D eigenvalue weighted by Gasteiger charge is -2.29. The maximum atomic E-state index is 14.2. The lowest BCUT2D eigenvalue weighted by atomic mass is 10.2. The van der Waals surface area contributed by atoms with E-state index in [1.54, 1.807) is 44.1 Å². The van der Waals surface area contributed by atoms with Crippen LogP contribution in [0.3, 0.4) is 0 Å². The van der Waals surface area contributed by atoms with Crippen LogP contribution in [0, 0.1) is 5.82 Å². The number of carbonyl (C=O) groups excluding carboxylic acids is 1. The SMILES string of the molecule is CCN(Cc1ncccc1F)C(=O)CN(c1cc(N(C)C)ccc1Cl)S(=O)(=O)c1ccc(OC)c(OC)c1. The summed E-state index contributed by atoms with van der Waals surface area (Å²) in [6.45, 7) is 1.20. The lowest BCUT2D eigenvalue weighted by molar-refractivity contribution is -0.130. The van der Waals surface area contributed by atoms with Crippen LogP contribution in [0.25, 0.3) is 0 Å². The van der Waals surface area contributed by atoms with Gasteiger partial charge in [0.05, 0.1) is 42.1 Å². The van der Waals surface area contributed by atoms with Crippen molar-refractivity contribution in [2.75, 3.05) is 50.6 Å². The summed E-state index contributed by atoms with van der Waals surface area (Å²) in [6, 6.07) is 11.7. The largest absolute Gasteiger partial charge is 0.493 e. The van der Waals surface area contributed by atoms with Crippen molar-refractivity contribution in [3.63, 3.8) is 0 Å². The van der Waals surface area contributed by atoms with Crippen molar-refractivity contribution in [1.82, 2.24) is 9.88 Å². The summed E-state index contributed by atoms with van der Waals surface area (Å²) >= 11 is 6.49. The maximum absolute atomic E-state index is 14.2. The average Bonchev–Trinajstić information content (AvgIpc) is 2.90. The fourth-order valence-corrected chi connectivity index (χ4v) is 5.40. The Morgan fingerprint density at radius 3 is 2.37 bits per heavy atom. The van der Waals surface area contributed by atoms with Crippen LogP contribution in [0.1, 0.15) is 12.6 Å². The standard InChI is InChI=1S/C26H30ClFN4O5S/c1-6-31(16-22-21(28)8-7-13-29-22)26(33)17-32(23-14-18(30(2)3)9-11-20(23)27)38(34,35)19-10-12-24(36-4)25(15-19)37-5/h7-15H,6,16-17H2,1-5H3. The van der Waals surface area contributed by atoms with Crippen molar-refractivity contribution in [1.29, 1.82) is 0 Å². The zero-order valence-corrected chi connectivity index (χ0v) is 23.4. The Morgan fingerprint density at radius 2 is 1.76 bits per heavy atom. The van der Waals surface area contributed by atoms with E-state index in [0.29, 0.717) is 11.4 Å². The number of anilines is 2. The summed E-state index contributed by atoms with van der Waals surface area (Å²) < 4.78 is 53.7. The molecule has 1 amide bonds. The van der Waals surface area contributed by atoms with Gasteiger partial charge in [-0.15, -0.1) is 0 Å². The van der Waals surface area contributed by atoms with Crippen LogP contribution in [-0.4, -0.2) is 65.6 Å². The Labute approximate surface area is 227 Å². The second-order valence-corrected chi connectivity index (χ2v) is 10.7. The highest BCUT2D eigenvalue weighted by Gasteiger charge is 2.31. The first kappa shape index (κ1) is 29.0. The number of halogens is 2. The van der Waals surface area contributed by atoms with Gasteiger partial charge in [0.25, 0.3) is 10.0 Å². The first-order valence-electron chi connectivity index (χ1n) is 11.6. The van der Waals surface area contributed by atoms with E-state index < -0.39 is 28.3 Å². The minimum Gasteiger partial charge on any atom is -0.493 e. The first-order chi connectivity index (χ1) is 18.0. The fraction of sp³-hybridized carbons (Fsp3) is 0.308. The summed E-state index contributed by atoms with van der Waals surface area (Å²) in [5, 5.41) is 0.131. The highest BCUT2D eigenvalue weighted by atomic mass is 35.5. The van der Waals surface area contributed by atoms with Gasteiger partial charge in [0, 0.05) is 38.6 Å². The second-order valence-electron chi connectivity index (χ2n) is 8.40. The van der Waals surface area contributed by atoms with Crippen molar-refractivity contribution in [2.24, 2.45) is 0 Å². The Hall–Kier alpha value is -3.57. The normalized spacial score (nSPS) is 11.1. The second kappa shape index (κ2) is 12.3. The van der Waals surface area contributed by atoms with Gasteiger partial charge < -0.3 is 19.3 Å². The third-order valence-corrected chi connectivity index (χ3v) is 7.92. The quantitative estimate of drug-likeness (QED) is 0.344. The Kier molecular flexibility index (Phi) is 9.40. The van der Waals surface area contributed by atoms with E-state index in [0.717, 1.165) is 4.31 Å². The molecule has 0 saturated heterocycles. The Morgan fingerprint density at radius 1 is 1.05 bits per heavy atom. The van der Waals surface area contributed by atoms with Crippen molar-refractivity contribution in [3.8, 4) is 11.5 Å². The van der Waals surface area contributed by atoms with E-state index >= 15 is 0 Å². The summed E-state index contributed by atoms with van der Waals surface area (Å²) in [5.74, 6) is -0.576. The molecule has 204 valence electrons. The van der Waals surface area contributed by atoms with E-state index in [4.69, 9.17) is 21.1 Å². The van der Waals surface area contributed by atoms with Crippen molar-refractivity contribution < 1.29 is 27.1 Å². The van der Waals surface area contributed by atoms with Crippen LogP contribution in [-0.2, 0) is 21.4 Å². The monoisotopic (exact) mass is 564 g/mol. The Bertz CT molecular complexity index is 1400. The maximum Gasteiger partial charge on any atom is 0.264 e. The van der Waals surface area contributed by atoms with Gasteiger partial charge in [-0.05, 0) is 49.4 Å². The van der Waals surface area contributed by atoms with E-state index in [1.165, 1.54) is 55.6 Å². The van der Waals surface area contributed by atoms with Gasteiger partial charge in [-0.1, -0.05) is 11.6 Å². The number of nitrogens with zero attached hydrogens (tertiary/aromatic N) is 4. The van der Waals surface area contributed by atoms with Gasteiger partial charge in [-0.25, -0.2) is 12.8 Å². The number of ether oxygens (including phenoxy) is 2. The van der Waals surface area contributed by atoms with Crippen molar-refractivity contribution >= 4 is 38.9 Å². The molecule has 0 radical (unpaired) electrons. The van der Waals surface area contributed by atoms with Gasteiger partial charge in [-0.3, -0.25) is 14.1 Å². The smallest absolute Gasteiger partial charge is 0.264 e. The van der Waals surface area contributed by atoms with Crippen LogP contribution < -0.4 is 18.7 Å². The number of hydrogen-bond acceptors (Lipinski definition) is 7. The lowest BCUT2D eigenvalue weighted by Crippen LogP contribution is -2.43. The molecular formula is C26H30ClFN4O5S. The predicted molar refractivity (Wildman–Crippen MR) is 145 cm³/mol. The van der Waals surface area contributed by atoms with Crippen LogP contribution in [0.4, 0.5) is 15.8 Å².